The van der Waals surface area contributed by atoms with E-state index in [0.29, 0.717) is 11.1 Å². The Labute approximate surface area is 125 Å². The smallest absolute Gasteiger partial charge is 0.0576 e. The summed E-state index contributed by atoms with van der Waals surface area (Å²) in [7, 11) is 1.97. The third-order valence-electron chi connectivity index (χ3n) is 3.73. The van der Waals surface area contributed by atoms with Crippen LogP contribution in [-0.2, 0) is 4.74 Å². The quantitative estimate of drug-likeness (QED) is 0.829. The minimum absolute atomic E-state index is 0.283. The second-order valence-electron chi connectivity index (χ2n) is 5.07. The van der Waals surface area contributed by atoms with E-state index in [0.717, 1.165) is 36.5 Å². The molecular formula is C15H21Cl2NO. The van der Waals surface area contributed by atoms with Gasteiger partial charge in [-0.2, -0.15) is 0 Å². The second kappa shape index (κ2) is 7.49. The van der Waals surface area contributed by atoms with Gasteiger partial charge in [-0.25, -0.2) is 0 Å². The minimum atomic E-state index is 0.283. The highest BCUT2D eigenvalue weighted by Crippen LogP contribution is 2.29. The molecule has 0 radical (unpaired) electrons. The summed E-state index contributed by atoms with van der Waals surface area (Å²) >= 11 is 12.2. The fraction of sp³-hybridized carbons (Fsp3) is 0.600. The number of halogens is 2. The van der Waals surface area contributed by atoms with Gasteiger partial charge in [-0.3, -0.25) is 0 Å². The van der Waals surface area contributed by atoms with Gasteiger partial charge in [-0.1, -0.05) is 29.3 Å². The lowest BCUT2D eigenvalue weighted by Gasteiger charge is -2.19. The first-order valence-electron chi connectivity index (χ1n) is 6.94. The van der Waals surface area contributed by atoms with Crippen LogP contribution in [-0.4, -0.2) is 19.8 Å². The zero-order valence-electron chi connectivity index (χ0n) is 11.3. The number of hydrogen-bond acceptors (Lipinski definition) is 2. The van der Waals surface area contributed by atoms with Gasteiger partial charge in [0.2, 0.25) is 0 Å². The summed E-state index contributed by atoms with van der Waals surface area (Å²) < 4.78 is 5.65. The molecule has 0 amide bonds. The topological polar surface area (TPSA) is 21.3 Å². The molecule has 2 rings (SSSR count). The molecule has 19 heavy (non-hydrogen) atoms. The Balaban J connectivity index is 1.88. The summed E-state index contributed by atoms with van der Waals surface area (Å²) in [5.74, 6) is 0. The van der Waals surface area contributed by atoms with Crippen molar-refractivity contribution >= 4 is 23.2 Å². The maximum atomic E-state index is 6.26. The molecule has 1 heterocycles. The van der Waals surface area contributed by atoms with Crippen LogP contribution in [0.15, 0.2) is 18.2 Å². The van der Waals surface area contributed by atoms with Crippen LogP contribution in [0.2, 0.25) is 10.0 Å². The lowest BCUT2D eigenvalue weighted by Crippen LogP contribution is -2.17. The van der Waals surface area contributed by atoms with Gasteiger partial charge in [-0.15, -0.1) is 0 Å². The maximum absolute atomic E-state index is 6.26. The molecule has 0 saturated carbocycles. The molecule has 1 aromatic rings. The van der Waals surface area contributed by atoms with E-state index in [1.807, 2.05) is 25.2 Å². The Bertz CT molecular complexity index is 405. The summed E-state index contributed by atoms with van der Waals surface area (Å²) in [6.07, 6.45) is 6.25. The highest BCUT2D eigenvalue weighted by Gasteiger charge is 2.17. The van der Waals surface area contributed by atoms with E-state index >= 15 is 0 Å². The van der Waals surface area contributed by atoms with E-state index in [9.17, 15) is 0 Å². The van der Waals surface area contributed by atoms with Crippen LogP contribution in [0.4, 0.5) is 0 Å². The molecule has 2 unspecified atom stereocenters. The fourth-order valence-electron chi connectivity index (χ4n) is 2.66. The molecule has 0 aromatic heterocycles. The van der Waals surface area contributed by atoms with Crippen molar-refractivity contribution in [3.05, 3.63) is 33.8 Å². The number of hydrogen-bond donors (Lipinski definition) is 1. The molecule has 4 heteroatoms. The molecule has 0 aliphatic carbocycles. The molecule has 1 N–H and O–H groups in total. The zero-order chi connectivity index (χ0) is 13.7. The fourth-order valence-corrected chi connectivity index (χ4v) is 3.20. The molecule has 1 aliphatic rings. The Morgan fingerprint density at radius 2 is 2.26 bits per heavy atom. The van der Waals surface area contributed by atoms with Gasteiger partial charge in [0.15, 0.2) is 0 Å². The van der Waals surface area contributed by atoms with Crippen molar-refractivity contribution in [3.63, 3.8) is 0 Å². The van der Waals surface area contributed by atoms with Crippen LogP contribution in [0, 0.1) is 0 Å². The van der Waals surface area contributed by atoms with Crippen molar-refractivity contribution < 1.29 is 4.74 Å². The van der Waals surface area contributed by atoms with Crippen LogP contribution in [0.5, 0.6) is 0 Å². The zero-order valence-corrected chi connectivity index (χ0v) is 12.8. The van der Waals surface area contributed by atoms with Gasteiger partial charge >= 0.3 is 0 Å². The third kappa shape index (κ3) is 4.35. The molecule has 1 aliphatic heterocycles. The first kappa shape index (κ1) is 15.1. The SMILES string of the molecule is CNC(CCCC1CCCO1)c1ccc(Cl)cc1Cl. The summed E-state index contributed by atoms with van der Waals surface area (Å²) in [5.41, 5.74) is 1.13. The van der Waals surface area contributed by atoms with Gasteiger partial charge in [-0.05, 0) is 56.8 Å². The standard InChI is InChI=1S/C15H21Cl2NO/c1-18-15(6-2-4-12-5-3-9-19-12)13-8-7-11(16)10-14(13)17/h7-8,10,12,15,18H,2-6,9H2,1H3. The normalized spacial score (nSPS) is 20.7. The molecule has 2 atom stereocenters. The molecule has 2 nitrogen and oxygen atoms in total. The van der Waals surface area contributed by atoms with E-state index in [1.54, 1.807) is 0 Å². The Morgan fingerprint density at radius 1 is 1.42 bits per heavy atom. The molecule has 1 aromatic carbocycles. The van der Waals surface area contributed by atoms with Crippen LogP contribution in [0.25, 0.3) is 0 Å². The van der Waals surface area contributed by atoms with Gasteiger partial charge in [0.25, 0.3) is 0 Å². The van der Waals surface area contributed by atoms with Gasteiger partial charge < -0.3 is 10.1 Å². The number of ether oxygens (including phenoxy) is 1. The summed E-state index contributed by atoms with van der Waals surface area (Å²) in [5, 5.41) is 4.76. The first-order valence-corrected chi connectivity index (χ1v) is 7.70. The van der Waals surface area contributed by atoms with E-state index in [2.05, 4.69) is 5.32 Å². The van der Waals surface area contributed by atoms with Crippen molar-refractivity contribution in [3.8, 4) is 0 Å². The average Bonchev–Trinajstić information content (AvgIpc) is 2.89. The molecule has 0 spiro atoms. The van der Waals surface area contributed by atoms with Crippen LogP contribution >= 0.6 is 23.2 Å². The lowest BCUT2D eigenvalue weighted by molar-refractivity contribution is 0.101. The van der Waals surface area contributed by atoms with Crippen LogP contribution in [0.3, 0.4) is 0 Å². The van der Waals surface area contributed by atoms with E-state index in [-0.39, 0.29) is 6.04 Å². The van der Waals surface area contributed by atoms with E-state index in [1.165, 1.54) is 12.8 Å². The van der Waals surface area contributed by atoms with Gasteiger partial charge in [0, 0.05) is 22.7 Å². The van der Waals surface area contributed by atoms with Crippen molar-refractivity contribution in [2.75, 3.05) is 13.7 Å². The van der Waals surface area contributed by atoms with Crippen molar-refractivity contribution in [2.45, 2.75) is 44.2 Å². The van der Waals surface area contributed by atoms with E-state index in [4.69, 9.17) is 27.9 Å². The molecule has 0 bridgehead atoms. The molecule has 1 saturated heterocycles. The number of nitrogens with one attached hydrogen (secondary N) is 1. The summed E-state index contributed by atoms with van der Waals surface area (Å²) in [6, 6.07) is 6.00. The minimum Gasteiger partial charge on any atom is -0.378 e. The van der Waals surface area contributed by atoms with Crippen LogP contribution in [0.1, 0.15) is 43.7 Å². The van der Waals surface area contributed by atoms with Crippen molar-refractivity contribution in [1.29, 1.82) is 0 Å². The highest BCUT2D eigenvalue weighted by molar-refractivity contribution is 6.35. The largest absolute Gasteiger partial charge is 0.378 e. The number of benzene rings is 1. The monoisotopic (exact) mass is 301 g/mol. The average molecular weight is 302 g/mol. The Hall–Kier alpha value is -0.280. The predicted octanol–water partition coefficient (Wildman–Crippen LogP) is 4.60. The summed E-state index contributed by atoms with van der Waals surface area (Å²) in [4.78, 5) is 0. The maximum Gasteiger partial charge on any atom is 0.0576 e. The van der Waals surface area contributed by atoms with Crippen molar-refractivity contribution in [1.82, 2.24) is 5.32 Å². The second-order valence-corrected chi connectivity index (χ2v) is 5.92. The van der Waals surface area contributed by atoms with Gasteiger partial charge in [0.05, 0.1) is 6.10 Å². The first-order chi connectivity index (χ1) is 9.20. The predicted molar refractivity (Wildman–Crippen MR) is 81.1 cm³/mol. The number of rotatable bonds is 6. The summed E-state index contributed by atoms with van der Waals surface area (Å²) in [6.45, 7) is 0.934. The molecule has 106 valence electrons. The van der Waals surface area contributed by atoms with Crippen molar-refractivity contribution in [2.24, 2.45) is 0 Å². The van der Waals surface area contributed by atoms with E-state index < -0.39 is 0 Å². The van der Waals surface area contributed by atoms with Gasteiger partial charge in [0.1, 0.15) is 0 Å². The molecule has 1 fully saturated rings. The Morgan fingerprint density at radius 3 is 2.89 bits per heavy atom. The molecular weight excluding hydrogens is 281 g/mol. The van der Waals surface area contributed by atoms with Crippen LogP contribution < -0.4 is 5.32 Å². The lowest BCUT2D eigenvalue weighted by atomic mass is 9.99. The third-order valence-corrected chi connectivity index (χ3v) is 4.29. The highest BCUT2D eigenvalue weighted by atomic mass is 35.5. The Kier molecular flexibility index (Phi) is 5.96.